The fraction of sp³-hybridized carbons (Fsp3) is 0.211. The lowest BCUT2D eigenvalue weighted by molar-refractivity contribution is 0.284. The number of rotatable bonds is 7. The molecule has 2 rings (SSSR count). The largest absolute Gasteiger partial charge is 0.493 e. The third-order valence-corrected chi connectivity index (χ3v) is 4.00. The monoisotopic (exact) mass is 402 g/mol. The fourth-order valence-electron chi connectivity index (χ4n) is 2.23. The number of hydrogen-bond acceptors (Lipinski definition) is 5. The maximum Gasteiger partial charge on any atom is 0.186 e. The maximum absolute atomic E-state index is 9.17. The Morgan fingerprint density at radius 2 is 2.15 bits per heavy atom. The molecule has 0 aliphatic carbocycles. The SMILES string of the molecule is CCNC(=S)N/N=C\c1cc(Cl)c(OCc2ccccc2C#N)c(OC)c1. The van der Waals surface area contributed by atoms with E-state index in [1.54, 1.807) is 30.5 Å². The molecule has 0 saturated heterocycles. The minimum Gasteiger partial charge on any atom is -0.493 e. The van der Waals surface area contributed by atoms with E-state index < -0.39 is 0 Å². The highest BCUT2D eigenvalue weighted by atomic mass is 35.5. The molecule has 0 amide bonds. The lowest BCUT2D eigenvalue weighted by Gasteiger charge is -2.14. The van der Waals surface area contributed by atoms with Crippen molar-refractivity contribution < 1.29 is 9.47 Å². The number of nitrogens with one attached hydrogen (secondary N) is 2. The smallest absolute Gasteiger partial charge is 0.186 e. The molecular formula is C19H19ClN4O2S. The third kappa shape index (κ3) is 5.84. The van der Waals surface area contributed by atoms with E-state index in [0.717, 1.165) is 5.56 Å². The topological polar surface area (TPSA) is 78.7 Å². The van der Waals surface area contributed by atoms with Crippen LogP contribution >= 0.6 is 23.8 Å². The van der Waals surface area contributed by atoms with Gasteiger partial charge in [0.25, 0.3) is 0 Å². The van der Waals surface area contributed by atoms with Gasteiger partial charge in [-0.3, -0.25) is 5.43 Å². The van der Waals surface area contributed by atoms with E-state index >= 15 is 0 Å². The summed E-state index contributed by atoms with van der Waals surface area (Å²) in [6.07, 6.45) is 1.58. The molecule has 0 aliphatic heterocycles. The van der Waals surface area contributed by atoms with Gasteiger partial charge in [0.15, 0.2) is 16.6 Å². The summed E-state index contributed by atoms with van der Waals surface area (Å²) in [5.41, 5.74) is 4.75. The zero-order chi connectivity index (χ0) is 19.6. The first-order chi connectivity index (χ1) is 13.1. The summed E-state index contributed by atoms with van der Waals surface area (Å²) in [6.45, 7) is 2.85. The summed E-state index contributed by atoms with van der Waals surface area (Å²) in [5.74, 6) is 0.868. The van der Waals surface area contributed by atoms with Crippen LogP contribution in [0.2, 0.25) is 5.02 Å². The van der Waals surface area contributed by atoms with E-state index in [4.69, 9.17) is 33.3 Å². The molecule has 27 heavy (non-hydrogen) atoms. The van der Waals surface area contributed by atoms with Crippen molar-refractivity contribution in [2.24, 2.45) is 5.10 Å². The Labute approximate surface area is 168 Å². The molecular weight excluding hydrogens is 384 g/mol. The van der Waals surface area contributed by atoms with Crippen LogP contribution in [0.5, 0.6) is 11.5 Å². The zero-order valence-electron chi connectivity index (χ0n) is 15.0. The molecule has 0 saturated carbocycles. The molecule has 8 heteroatoms. The molecule has 2 N–H and O–H groups in total. The van der Waals surface area contributed by atoms with Crippen molar-refractivity contribution >= 4 is 35.1 Å². The second kappa shape index (κ2) is 10.4. The highest BCUT2D eigenvalue weighted by Crippen LogP contribution is 2.36. The van der Waals surface area contributed by atoms with Crippen LogP contribution in [-0.4, -0.2) is 25.0 Å². The van der Waals surface area contributed by atoms with Gasteiger partial charge in [-0.1, -0.05) is 29.8 Å². The van der Waals surface area contributed by atoms with Crippen molar-refractivity contribution in [3.05, 3.63) is 58.1 Å². The van der Waals surface area contributed by atoms with Crippen LogP contribution in [0.15, 0.2) is 41.5 Å². The lowest BCUT2D eigenvalue weighted by Crippen LogP contribution is -2.31. The molecule has 2 aromatic carbocycles. The molecule has 0 fully saturated rings. The normalized spacial score (nSPS) is 10.3. The Balaban J connectivity index is 2.15. The molecule has 2 aromatic rings. The predicted octanol–water partition coefficient (Wildman–Crippen LogP) is 3.62. The van der Waals surface area contributed by atoms with Crippen LogP contribution in [0.25, 0.3) is 0 Å². The second-order valence-electron chi connectivity index (χ2n) is 5.32. The first-order valence-electron chi connectivity index (χ1n) is 8.14. The average molecular weight is 403 g/mol. The van der Waals surface area contributed by atoms with E-state index in [9.17, 15) is 5.26 Å². The molecule has 0 unspecified atom stereocenters. The second-order valence-corrected chi connectivity index (χ2v) is 6.14. The standard InChI is InChI=1S/C19H19ClN4O2S/c1-3-22-19(27)24-23-11-13-8-16(20)18(17(9-13)25-2)26-12-15-7-5-4-6-14(15)10-21/h4-9,11H,3,12H2,1-2H3,(H2,22,24,27)/b23-11-. The number of halogens is 1. The quantitative estimate of drug-likeness (QED) is 0.418. The number of ether oxygens (including phenoxy) is 2. The lowest BCUT2D eigenvalue weighted by atomic mass is 10.1. The minimum atomic E-state index is 0.200. The van der Waals surface area contributed by atoms with Gasteiger partial charge >= 0.3 is 0 Å². The molecule has 0 heterocycles. The Hall–Kier alpha value is -2.82. The van der Waals surface area contributed by atoms with Gasteiger partial charge in [-0.2, -0.15) is 10.4 Å². The van der Waals surface area contributed by atoms with Crippen molar-refractivity contribution in [2.75, 3.05) is 13.7 Å². The van der Waals surface area contributed by atoms with Gasteiger partial charge in [0.1, 0.15) is 6.61 Å². The van der Waals surface area contributed by atoms with Crippen LogP contribution < -0.4 is 20.2 Å². The number of nitriles is 1. The van der Waals surface area contributed by atoms with E-state index in [0.29, 0.717) is 39.3 Å². The van der Waals surface area contributed by atoms with Gasteiger partial charge < -0.3 is 14.8 Å². The van der Waals surface area contributed by atoms with Crippen molar-refractivity contribution in [3.63, 3.8) is 0 Å². The van der Waals surface area contributed by atoms with Crippen molar-refractivity contribution in [1.82, 2.24) is 10.7 Å². The summed E-state index contributed by atoms with van der Waals surface area (Å²) >= 11 is 11.4. The number of benzene rings is 2. The van der Waals surface area contributed by atoms with Crippen LogP contribution in [-0.2, 0) is 6.61 Å². The van der Waals surface area contributed by atoms with Crippen molar-refractivity contribution in [3.8, 4) is 17.6 Å². The summed E-state index contributed by atoms with van der Waals surface area (Å²) in [7, 11) is 1.53. The van der Waals surface area contributed by atoms with Gasteiger partial charge in [-0.25, -0.2) is 0 Å². The number of hydrazone groups is 1. The first kappa shape index (κ1) is 20.5. The van der Waals surface area contributed by atoms with Gasteiger partial charge in [0.05, 0.1) is 30.0 Å². The van der Waals surface area contributed by atoms with Crippen LogP contribution in [0.3, 0.4) is 0 Å². The molecule has 0 radical (unpaired) electrons. The molecule has 6 nitrogen and oxygen atoms in total. The van der Waals surface area contributed by atoms with Crippen LogP contribution in [0, 0.1) is 11.3 Å². The molecule has 0 bridgehead atoms. The van der Waals surface area contributed by atoms with E-state index in [1.165, 1.54) is 7.11 Å². The number of nitrogens with zero attached hydrogens (tertiary/aromatic N) is 2. The minimum absolute atomic E-state index is 0.200. The molecule has 0 spiro atoms. The average Bonchev–Trinajstić information content (AvgIpc) is 2.67. The van der Waals surface area contributed by atoms with E-state index in [1.807, 2.05) is 19.1 Å². The first-order valence-corrected chi connectivity index (χ1v) is 8.92. The fourth-order valence-corrected chi connectivity index (χ4v) is 2.70. The van der Waals surface area contributed by atoms with Crippen molar-refractivity contribution in [2.45, 2.75) is 13.5 Å². The van der Waals surface area contributed by atoms with E-state index in [2.05, 4.69) is 21.9 Å². The number of methoxy groups -OCH3 is 1. The van der Waals surface area contributed by atoms with Crippen LogP contribution in [0.1, 0.15) is 23.6 Å². The molecule has 0 aromatic heterocycles. The van der Waals surface area contributed by atoms with Crippen molar-refractivity contribution in [1.29, 1.82) is 5.26 Å². The summed E-state index contributed by atoms with van der Waals surface area (Å²) in [4.78, 5) is 0. The highest BCUT2D eigenvalue weighted by Gasteiger charge is 2.13. The maximum atomic E-state index is 9.17. The highest BCUT2D eigenvalue weighted by molar-refractivity contribution is 7.80. The zero-order valence-corrected chi connectivity index (χ0v) is 16.5. The Morgan fingerprint density at radius 1 is 1.37 bits per heavy atom. The Morgan fingerprint density at radius 3 is 2.85 bits per heavy atom. The molecule has 140 valence electrons. The van der Waals surface area contributed by atoms with Gasteiger partial charge in [0, 0.05) is 12.1 Å². The van der Waals surface area contributed by atoms with Gasteiger partial charge in [0.2, 0.25) is 0 Å². The predicted molar refractivity (Wildman–Crippen MR) is 110 cm³/mol. The molecule has 0 atom stereocenters. The van der Waals surface area contributed by atoms with Crippen LogP contribution in [0.4, 0.5) is 0 Å². The summed E-state index contributed by atoms with van der Waals surface area (Å²) < 4.78 is 11.2. The van der Waals surface area contributed by atoms with Gasteiger partial charge in [-0.15, -0.1) is 0 Å². The summed E-state index contributed by atoms with van der Waals surface area (Å²) in [6, 6.07) is 12.8. The Kier molecular flexibility index (Phi) is 7.86. The van der Waals surface area contributed by atoms with Gasteiger partial charge in [-0.05, 0) is 42.9 Å². The number of thiocarbonyl (C=S) groups is 1. The molecule has 0 aliphatic rings. The van der Waals surface area contributed by atoms with E-state index in [-0.39, 0.29) is 6.61 Å². The Bertz CT molecular complexity index is 880. The summed E-state index contributed by atoms with van der Waals surface area (Å²) in [5, 5.41) is 17.0. The number of hydrogen-bond donors (Lipinski definition) is 2. The third-order valence-electron chi connectivity index (χ3n) is 3.48.